The highest BCUT2D eigenvalue weighted by molar-refractivity contribution is 5.82. The van der Waals surface area contributed by atoms with Crippen LogP contribution in [-0.4, -0.2) is 48.9 Å². The zero-order chi connectivity index (χ0) is 11.5. The number of hydrogen-bond acceptors (Lipinski definition) is 2. The predicted octanol–water partition coefficient (Wildman–Crippen LogP) is 2.18. The molecule has 1 aliphatic carbocycles. The smallest absolute Gasteiger partial charge is 0.0989 e. The van der Waals surface area contributed by atoms with Crippen LogP contribution in [0.25, 0.3) is 0 Å². The number of nitrogens with one attached hydrogen (secondary N) is 1. The van der Waals surface area contributed by atoms with E-state index >= 15 is 0 Å². The maximum Gasteiger partial charge on any atom is 0.0989 e. The molecular formula is C13H25N3. The predicted molar refractivity (Wildman–Crippen MR) is 68.0 cm³/mol. The molecule has 0 spiro atoms. The van der Waals surface area contributed by atoms with Gasteiger partial charge in [0.2, 0.25) is 0 Å². The molecular weight excluding hydrogens is 198 g/mol. The van der Waals surface area contributed by atoms with Gasteiger partial charge in [0.25, 0.3) is 0 Å². The van der Waals surface area contributed by atoms with Crippen LogP contribution in [0.15, 0.2) is 0 Å². The molecule has 1 saturated carbocycles. The van der Waals surface area contributed by atoms with Gasteiger partial charge in [0.15, 0.2) is 0 Å². The maximum absolute atomic E-state index is 8.27. The first-order chi connectivity index (χ1) is 7.68. The van der Waals surface area contributed by atoms with Crippen molar-refractivity contribution >= 4 is 5.84 Å². The van der Waals surface area contributed by atoms with Crippen molar-refractivity contribution in [3.05, 3.63) is 0 Å². The van der Waals surface area contributed by atoms with Crippen molar-refractivity contribution in [2.24, 2.45) is 5.92 Å². The van der Waals surface area contributed by atoms with Gasteiger partial charge in [-0.15, -0.1) is 0 Å². The highest BCUT2D eigenvalue weighted by Crippen LogP contribution is 2.28. The highest BCUT2D eigenvalue weighted by Gasteiger charge is 2.27. The van der Waals surface area contributed by atoms with Crippen LogP contribution in [0.3, 0.4) is 0 Å². The van der Waals surface area contributed by atoms with Crippen LogP contribution in [0.4, 0.5) is 0 Å². The Balaban J connectivity index is 1.81. The Morgan fingerprint density at radius 2 is 1.62 bits per heavy atom. The molecule has 0 aromatic rings. The summed E-state index contributed by atoms with van der Waals surface area (Å²) in [6.45, 7) is 2.19. The summed E-state index contributed by atoms with van der Waals surface area (Å²) in [5.41, 5.74) is 0. The second-order valence-corrected chi connectivity index (χ2v) is 5.55. The highest BCUT2D eigenvalue weighted by atomic mass is 15.2. The van der Waals surface area contributed by atoms with Gasteiger partial charge in [-0.05, 0) is 39.8 Å². The van der Waals surface area contributed by atoms with Crippen LogP contribution in [0.5, 0.6) is 0 Å². The summed E-state index contributed by atoms with van der Waals surface area (Å²) in [6, 6.07) is 0.729. The average Bonchev–Trinajstić information content (AvgIpc) is 2.81. The first-order valence-electron chi connectivity index (χ1n) is 6.68. The van der Waals surface area contributed by atoms with E-state index in [-0.39, 0.29) is 0 Å². The number of nitrogens with zero attached hydrogens (tertiary/aromatic N) is 2. The van der Waals surface area contributed by atoms with E-state index in [9.17, 15) is 0 Å². The topological polar surface area (TPSA) is 30.3 Å². The fourth-order valence-corrected chi connectivity index (χ4v) is 3.08. The summed E-state index contributed by atoms with van der Waals surface area (Å²) >= 11 is 0. The van der Waals surface area contributed by atoms with E-state index in [1.807, 2.05) is 0 Å². The lowest BCUT2D eigenvalue weighted by Gasteiger charge is -2.37. The van der Waals surface area contributed by atoms with Gasteiger partial charge >= 0.3 is 0 Å². The van der Waals surface area contributed by atoms with Gasteiger partial charge in [0.05, 0.1) is 5.84 Å². The third-order valence-electron chi connectivity index (χ3n) is 4.28. The van der Waals surface area contributed by atoms with E-state index in [0.717, 1.165) is 25.0 Å². The van der Waals surface area contributed by atoms with E-state index in [0.29, 0.717) is 5.92 Å². The van der Waals surface area contributed by atoms with E-state index in [4.69, 9.17) is 5.41 Å². The van der Waals surface area contributed by atoms with Crippen LogP contribution in [0.1, 0.15) is 38.5 Å². The Morgan fingerprint density at radius 1 is 1.06 bits per heavy atom. The van der Waals surface area contributed by atoms with Crippen molar-refractivity contribution in [1.82, 2.24) is 9.80 Å². The van der Waals surface area contributed by atoms with Crippen LogP contribution in [0.2, 0.25) is 0 Å². The minimum atomic E-state index is 0.580. The quantitative estimate of drug-likeness (QED) is 0.574. The molecule has 92 valence electrons. The zero-order valence-electron chi connectivity index (χ0n) is 10.7. The van der Waals surface area contributed by atoms with Crippen molar-refractivity contribution in [1.29, 1.82) is 5.41 Å². The summed E-state index contributed by atoms with van der Waals surface area (Å²) < 4.78 is 0. The van der Waals surface area contributed by atoms with E-state index in [1.165, 1.54) is 38.5 Å². The number of piperidine rings is 1. The SMILES string of the molecule is CN(C)C1CCN(C(=N)C2CCCC2)CC1. The standard InChI is InChI=1S/C13H25N3/c1-15(2)12-7-9-16(10-8-12)13(14)11-5-3-4-6-11/h11-12,14H,3-10H2,1-2H3. The molecule has 1 aliphatic heterocycles. The summed E-state index contributed by atoms with van der Waals surface area (Å²) in [5.74, 6) is 1.52. The van der Waals surface area contributed by atoms with Gasteiger partial charge in [0, 0.05) is 25.0 Å². The number of rotatable bonds is 2. The van der Waals surface area contributed by atoms with Crippen LogP contribution in [0, 0.1) is 11.3 Å². The Morgan fingerprint density at radius 3 is 2.12 bits per heavy atom. The molecule has 2 aliphatic rings. The molecule has 0 radical (unpaired) electrons. The number of likely N-dealkylation sites (tertiary alicyclic amines) is 1. The molecule has 1 heterocycles. The minimum Gasteiger partial charge on any atom is -0.360 e. The molecule has 0 bridgehead atoms. The minimum absolute atomic E-state index is 0.580. The number of amidine groups is 1. The largest absolute Gasteiger partial charge is 0.360 e. The molecule has 3 heteroatoms. The Kier molecular flexibility index (Phi) is 3.85. The molecule has 3 nitrogen and oxygen atoms in total. The Bertz CT molecular complexity index is 236. The van der Waals surface area contributed by atoms with E-state index in [2.05, 4.69) is 23.9 Å². The van der Waals surface area contributed by atoms with Gasteiger partial charge < -0.3 is 9.80 Å². The van der Waals surface area contributed by atoms with Gasteiger partial charge in [-0.3, -0.25) is 5.41 Å². The average molecular weight is 223 g/mol. The Labute approximate surface area is 99.3 Å². The molecule has 0 aromatic heterocycles. The van der Waals surface area contributed by atoms with Crippen molar-refractivity contribution < 1.29 is 0 Å². The molecule has 1 N–H and O–H groups in total. The molecule has 0 aromatic carbocycles. The Hall–Kier alpha value is -0.570. The lowest BCUT2D eigenvalue weighted by molar-refractivity contribution is 0.187. The third-order valence-corrected chi connectivity index (χ3v) is 4.28. The van der Waals surface area contributed by atoms with Gasteiger partial charge in [-0.1, -0.05) is 12.8 Å². The first kappa shape index (κ1) is 11.9. The molecule has 0 amide bonds. The third kappa shape index (κ3) is 2.57. The van der Waals surface area contributed by atoms with Crippen LogP contribution < -0.4 is 0 Å². The maximum atomic E-state index is 8.27. The second-order valence-electron chi connectivity index (χ2n) is 5.55. The molecule has 2 fully saturated rings. The molecule has 0 unspecified atom stereocenters. The van der Waals surface area contributed by atoms with Crippen LogP contribution in [-0.2, 0) is 0 Å². The van der Waals surface area contributed by atoms with Crippen molar-refractivity contribution in [3.8, 4) is 0 Å². The zero-order valence-corrected chi connectivity index (χ0v) is 10.7. The summed E-state index contributed by atoms with van der Waals surface area (Å²) in [7, 11) is 4.34. The number of hydrogen-bond donors (Lipinski definition) is 1. The lowest BCUT2D eigenvalue weighted by atomic mass is 10.0. The van der Waals surface area contributed by atoms with Gasteiger partial charge in [-0.25, -0.2) is 0 Å². The second kappa shape index (κ2) is 5.17. The van der Waals surface area contributed by atoms with Gasteiger partial charge in [-0.2, -0.15) is 0 Å². The first-order valence-corrected chi connectivity index (χ1v) is 6.68. The molecule has 16 heavy (non-hydrogen) atoms. The van der Waals surface area contributed by atoms with Crippen molar-refractivity contribution in [2.75, 3.05) is 27.2 Å². The summed E-state index contributed by atoms with van der Waals surface area (Å²) in [4.78, 5) is 4.66. The van der Waals surface area contributed by atoms with Crippen LogP contribution >= 0.6 is 0 Å². The normalized spacial score (nSPS) is 24.3. The summed E-state index contributed by atoms with van der Waals surface area (Å²) in [6.07, 6.45) is 7.63. The van der Waals surface area contributed by atoms with Crippen molar-refractivity contribution in [2.45, 2.75) is 44.6 Å². The fraction of sp³-hybridized carbons (Fsp3) is 0.923. The van der Waals surface area contributed by atoms with Gasteiger partial charge in [0.1, 0.15) is 0 Å². The van der Waals surface area contributed by atoms with E-state index < -0.39 is 0 Å². The van der Waals surface area contributed by atoms with E-state index in [1.54, 1.807) is 0 Å². The monoisotopic (exact) mass is 223 g/mol. The molecule has 2 rings (SSSR count). The lowest BCUT2D eigenvalue weighted by Crippen LogP contribution is -2.45. The molecule has 1 saturated heterocycles. The molecule has 0 atom stereocenters. The van der Waals surface area contributed by atoms with Crippen molar-refractivity contribution in [3.63, 3.8) is 0 Å². The summed E-state index contributed by atoms with van der Waals surface area (Å²) in [5, 5.41) is 8.27. The fourth-order valence-electron chi connectivity index (χ4n) is 3.08.